The molecule has 0 aromatic heterocycles. The fourth-order valence-electron chi connectivity index (χ4n) is 3.73. The van der Waals surface area contributed by atoms with Gasteiger partial charge in [0.15, 0.2) is 0 Å². The van der Waals surface area contributed by atoms with Gasteiger partial charge in [-0.3, -0.25) is 15.4 Å². The summed E-state index contributed by atoms with van der Waals surface area (Å²) >= 11 is 6.15. The fourth-order valence-corrected chi connectivity index (χ4v) is 3.97. The quantitative estimate of drug-likeness (QED) is 0.530. The molecule has 2 saturated heterocycles. The smallest absolute Gasteiger partial charge is 0.369 e. The standard InChI is InChI=1S/C16H21ClF3N5O/c17-10-2-1-7(16(18,19)20)5-8(10)13-9(14(21)26)6-12(24-13)11-3-4-23-15(22)25-11/h1-2,5,9,11-13,15,23-25H,3-4,6,22H2,(H2,21,26). The van der Waals surface area contributed by atoms with Crippen LogP contribution in [0.15, 0.2) is 18.2 Å². The Hall–Kier alpha value is -1.39. The molecular formula is C16H21ClF3N5O. The Balaban J connectivity index is 1.89. The van der Waals surface area contributed by atoms with Crippen LogP contribution in [-0.4, -0.2) is 30.8 Å². The van der Waals surface area contributed by atoms with E-state index >= 15 is 0 Å². The molecule has 26 heavy (non-hydrogen) atoms. The lowest BCUT2D eigenvalue weighted by atomic mass is 9.90. The predicted octanol–water partition coefficient (Wildman–Crippen LogP) is 1.06. The van der Waals surface area contributed by atoms with Gasteiger partial charge in [-0.1, -0.05) is 11.6 Å². The third-order valence-corrected chi connectivity index (χ3v) is 5.37. The molecule has 2 aliphatic heterocycles. The summed E-state index contributed by atoms with van der Waals surface area (Å²) in [4.78, 5) is 11.9. The lowest BCUT2D eigenvalue weighted by molar-refractivity contribution is -0.137. The number of hydrogen-bond acceptors (Lipinski definition) is 5. The molecule has 3 rings (SSSR count). The molecule has 0 radical (unpaired) electrons. The molecule has 2 fully saturated rings. The summed E-state index contributed by atoms with van der Waals surface area (Å²) in [6, 6.07) is 2.25. The number of halogens is 4. The Morgan fingerprint density at radius 3 is 2.58 bits per heavy atom. The van der Waals surface area contributed by atoms with E-state index in [4.69, 9.17) is 23.1 Å². The summed E-state index contributed by atoms with van der Waals surface area (Å²) in [5.41, 5.74) is 10.8. The minimum absolute atomic E-state index is 0.0253. The molecule has 0 saturated carbocycles. The van der Waals surface area contributed by atoms with Crippen LogP contribution in [0.4, 0.5) is 13.2 Å². The van der Waals surface area contributed by atoms with Crippen molar-refractivity contribution in [3.05, 3.63) is 34.3 Å². The van der Waals surface area contributed by atoms with Gasteiger partial charge in [0, 0.05) is 23.1 Å². The molecule has 6 nitrogen and oxygen atoms in total. The molecule has 0 bridgehead atoms. The Morgan fingerprint density at radius 2 is 1.96 bits per heavy atom. The van der Waals surface area contributed by atoms with Crippen LogP contribution in [0.5, 0.6) is 0 Å². The minimum Gasteiger partial charge on any atom is -0.369 e. The maximum atomic E-state index is 13.1. The summed E-state index contributed by atoms with van der Waals surface area (Å²) in [6.07, 6.45) is -3.71. The average Bonchev–Trinajstić information content (AvgIpc) is 2.99. The number of hydrogen-bond donors (Lipinski definition) is 5. The van der Waals surface area contributed by atoms with Crippen molar-refractivity contribution in [3.63, 3.8) is 0 Å². The van der Waals surface area contributed by atoms with E-state index in [1.54, 1.807) is 0 Å². The Bertz CT molecular complexity index is 686. The van der Waals surface area contributed by atoms with E-state index in [1.807, 2.05) is 0 Å². The Kier molecular flexibility index (Phi) is 5.45. The van der Waals surface area contributed by atoms with Crippen molar-refractivity contribution >= 4 is 17.5 Å². The lowest BCUT2D eigenvalue weighted by Gasteiger charge is -2.34. The molecule has 7 N–H and O–H groups in total. The first-order valence-electron chi connectivity index (χ1n) is 8.34. The largest absolute Gasteiger partial charge is 0.416 e. The number of carbonyl (C=O) groups excluding carboxylic acids is 1. The summed E-state index contributed by atoms with van der Waals surface area (Å²) in [7, 11) is 0. The van der Waals surface area contributed by atoms with Gasteiger partial charge in [0.1, 0.15) is 6.29 Å². The second-order valence-corrected chi connectivity index (χ2v) is 7.13. The number of nitrogens with one attached hydrogen (secondary N) is 3. The third-order valence-electron chi connectivity index (χ3n) is 5.03. The van der Waals surface area contributed by atoms with E-state index in [1.165, 1.54) is 6.07 Å². The maximum Gasteiger partial charge on any atom is 0.416 e. The predicted molar refractivity (Wildman–Crippen MR) is 90.9 cm³/mol. The van der Waals surface area contributed by atoms with Crippen LogP contribution in [0.25, 0.3) is 0 Å². The van der Waals surface area contributed by atoms with Crippen molar-refractivity contribution in [2.75, 3.05) is 6.54 Å². The van der Waals surface area contributed by atoms with Gasteiger partial charge in [0.2, 0.25) is 5.91 Å². The fraction of sp³-hybridized carbons (Fsp3) is 0.562. The first-order chi connectivity index (χ1) is 12.2. The van der Waals surface area contributed by atoms with Gasteiger partial charge < -0.3 is 16.8 Å². The van der Waals surface area contributed by atoms with Crippen molar-refractivity contribution < 1.29 is 18.0 Å². The molecule has 144 valence electrons. The molecule has 1 aromatic rings. The summed E-state index contributed by atoms with van der Waals surface area (Å²) in [5, 5.41) is 9.64. The second kappa shape index (κ2) is 7.32. The minimum atomic E-state index is -4.50. The topological polar surface area (TPSA) is 105 Å². The number of primary amides is 1. The third kappa shape index (κ3) is 3.96. The number of nitrogens with two attached hydrogens (primary N) is 2. The Labute approximate surface area is 153 Å². The van der Waals surface area contributed by atoms with Crippen LogP contribution in [0, 0.1) is 5.92 Å². The molecule has 2 heterocycles. The van der Waals surface area contributed by atoms with E-state index < -0.39 is 29.6 Å². The van der Waals surface area contributed by atoms with Crippen LogP contribution >= 0.6 is 11.6 Å². The first kappa shape index (κ1) is 19.4. The summed E-state index contributed by atoms with van der Waals surface area (Å²) < 4.78 is 39.2. The zero-order valence-corrected chi connectivity index (χ0v) is 14.6. The molecule has 2 aliphatic rings. The SMILES string of the molecule is NC(=O)C1CC(C2CCNC(N)N2)NC1c1cc(C(F)(F)F)ccc1Cl. The highest BCUT2D eigenvalue weighted by Crippen LogP contribution is 2.40. The van der Waals surface area contributed by atoms with Crippen LogP contribution in [0.3, 0.4) is 0 Å². The van der Waals surface area contributed by atoms with Crippen LogP contribution in [-0.2, 0) is 11.0 Å². The Morgan fingerprint density at radius 1 is 1.23 bits per heavy atom. The maximum absolute atomic E-state index is 13.1. The highest BCUT2D eigenvalue weighted by atomic mass is 35.5. The van der Waals surface area contributed by atoms with Crippen molar-refractivity contribution in [1.29, 1.82) is 0 Å². The average molecular weight is 392 g/mol. The molecular weight excluding hydrogens is 371 g/mol. The van der Waals surface area contributed by atoms with Gasteiger partial charge in [-0.2, -0.15) is 13.2 Å². The van der Waals surface area contributed by atoms with Gasteiger partial charge in [0.05, 0.1) is 11.5 Å². The molecule has 0 aliphatic carbocycles. The zero-order chi connectivity index (χ0) is 19.1. The number of alkyl halides is 3. The molecule has 1 aromatic carbocycles. The molecule has 1 amide bonds. The van der Waals surface area contributed by atoms with Gasteiger partial charge >= 0.3 is 6.18 Å². The first-order valence-corrected chi connectivity index (χ1v) is 8.71. The number of amides is 1. The van der Waals surface area contributed by atoms with Gasteiger partial charge in [-0.25, -0.2) is 0 Å². The van der Waals surface area contributed by atoms with Crippen molar-refractivity contribution in [2.45, 2.75) is 43.4 Å². The lowest BCUT2D eigenvalue weighted by Crippen LogP contribution is -2.62. The number of carbonyl (C=O) groups is 1. The van der Waals surface area contributed by atoms with E-state index in [2.05, 4.69) is 16.0 Å². The number of rotatable bonds is 3. The van der Waals surface area contributed by atoms with Gasteiger partial charge in [0.25, 0.3) is 0 Å². The molecule has 5 atom stereocenters. The normalized spacial score (nSPS) is 32.6. The van der Waals surface area contributed by atoms with E-state index in [-0.39, 0.29) is 29.0 Å². The monoisotopic (exact) mass is 391 g/mol. The second-order valence-electron chi connectivity index (χ2n) is 6.72. The summed E-state index contributed by atoms with van der Waals surface area (Å²) in [5.74, 6) is -1.23. The van der Waals surface area contributed by atoms with E-state index in [0.717, 1.165) is 18.6 Å². The molecule has 0 spiro atoms. The molecule has 10 heteroatoms. The van der Waals surface area contributed by atoms with Gasteiger partial charge in [-0.15, -0.1) is 0 Å². The van der Waals surface area contributed by atoms with Crippen molar-refractivity contribution in [2.24, 2.45) is 17.4 Å². The van der Waals surface area contributed by atoms with E-state index in [0.29, 0.717) is 13.0 Å². The highest BCUT2D eigenvalue weighted by molar-refractivity contribution is 6.31. The van der Waals surface area contributed by atoms with Crippen LogP contribution in [0.1, 0.15) is 30.0 Å². The van der Waals surface area contributed by atoms with E-state index in [9.17, 15) is 18.0 Å². The zero-order valence-electron chi connectivity index (χ0n) is 13.8. The number of benzene rings is 1. The highest BCUT2D eigenvalue weighted by Gasteiger charge is 2.43. The van der Waals surface area contributed by atoms with Crippen LogP contribution < -0.4 is 27.4 Å². The summed E-state index contributed by atoms with van der Waals surface area (Å²) in [6.45, 7) is 0.702. The van der Waals surface area contributed by atoms with Crippen molar-refractivity contribution in [3.8, 4) is 0 Å². The van der Waals surface area contributed by atoms with Gasteiger partial charge in [-0.05, 0) is 43.1 Å². The van der Waals surface area contributed by atoms with Crippen molar-refractivity contribution in [1.82, 2.24) is 16.0 Å². The molecule has 5 unspecified atom stereocenters. The van der Waals surface area contributed by atoms with Crippen LogP contribution in [0.2, 0.25) is 5.02 Å².